The van der Waals surface area contributed by atoms with Gasteiger partial charge in [0, 0.05) is 23.4 Å². The summed E-state index contributed by atoms with van der Waals surface area (Å²) < 4.78 is 20.1. The molecule has 0 fully saturated rings. The van der Waals surface area contributed by atoms with E-state index >= 15 is 0 Å². The Morgan fingerprint density at radius 1 is 0.889 bits per heavy atom. The fourth-order valence-corrected chi connectivity index (χ4v) is 3.01. The molecule has 0 aliphatic rings. The fraction of sp³-hybridized carbons (Fsp3) is 0.292. The Balaban J connectivity index is 1.74. The minimum atomic E-state index is -0.265. The summed E-state index contributed by atoms with van der Waals surface area (Å²) in [6, 6.07) is 17.1. The van der Waals surface area contributed by atoms with Gasteiger partial charge in [-0.1, -0.05) is 57.0 Å². The summed E-state index contributed by atoms with van der Waals surface area (Å²) in [7, 11) is 0. The van der Waals surface area contributed by atoms with E-state index in [9.17, 15) is 4.39 Å². The molecule has 0 aliphatic carbocycles. The van der Waals surface area contributed by atoms with Crippen molar-refractivity contribution in [2.75, 3.05) is 6.61 Å². The Morgan fingerprint density at radius 2 is 1.67 bits per heavy atom. The normalized spacial score (nSPS) is 10.8. The van der Waals surface area contributed by atoms with Crippen LogP contribution in [0.3, 0.4) is 0 Å². The summed E-state index contributed by atoms with van der Waals surface area (Å²) in [5.74, 6) is 0.316. The first-order valence-electron chi connectivity index (χ1n) is 9.69. The second kappa shape index (κ2) is 9.31. The number of nitrogens with zero attached hydrogens (tertiary/aromatic N) is 1. The van der Waals surface area contributed by atoms with Crippen LogP contribution >= 0.6 is 0 Å². The SMILES string of the molecule is CCCCOc1ccc(-c2ccc(-c3ccc(CCC)cn3)cc2)c(F)c1. The molecule has 0 spiro atoms. The molecule has 1 aromatic heterocycles. The number of ether oxygens (including phenoxy) is 1. The van der Waals surface area contributed by atoms with Gasteiger partial charge in [0.25, 0.3) is 0 Å². The van der Waals surface area contributed by atoms with Crippen molar-refractivity contribution in [2.45, 2.75) is 39.5 Å². The lowest BCUT2D eigenvalue weighted by Crippen LogP contribution is -1.97. The Bertz CT molecular complexity index is 857. The van der Waals surface area contributed by atoms with Gasteiger partial charge in [-0.3, -0.25) is 4.98 Å². The Labute approximate surface area is 161 Å². The van der Waals surface area contributed by atoms with Gasteiger partial charge in [-0.25, -0.2) is 4.39 Å². The van der Waals surface area contributed by atoms with Crippen molar-refractivity contribution in [1.29, 1.82) is 0 Å². The molecule has 3 heteroatoms. The highest BCUT2D eigenvalue weighted by atomic mass is 19.1. The van der Waals surface area contributed by atoms with Crippen LogP contribution in [0.4, 0.5) is 4.39 Å². The van der Waals surface area contributed by atoms with E-state index < -0.39 is 0 Å². The van der Waals surface area contributed by atoms with E-state index in [1.165, 1.54) is 11.6 Å². The van der Waals surface area contributed by atoms with E-state index in [1.807, 2.05) is 42.6 Å². The number of hydrogen-bond donors (Lipinski definition) is 0. The standard InChI is InChI=1S/C24H26FNO/c1-3-5-15-27-21-12-13-22(23(25)16-21)19-8-10-20(11-9-19)24-14-7-18(6-4-2)17-26-24/h7-14,16-17H,3-6,15H2,1-2H3. The Hall–Kier alpha value is -2.68. The molecule has 3 aromatic rings. The first kappa shape index (κ1) is 19.1. The molecule has 1 heterocycles. The van der Waals surface area contributed by atoms with Gasteiger partial charge in [0.2, 0.25) is 0 Å². The van der Waals surface area contributed by atoms with Gasteiger partial charge in [0.15, 0.2) is 0 Å². The number of aryl methyl sites for hydroxylation is 1. The Morgan fingerprint density at radius 3 is 2.30 bits per heavy atom. The fourth-order valence-electron chi connectivity index (χ4n) is 3.01. The highest BCUT2D eigenvalue weighted by Crippen LogP contribution is 2.28. The molecule has 140 valence electrons. The van der Waals surface area contributed by atoms with Crippen LogP contribution in [0.15, 0.2) is 60.8 Å². The van der Waals surface area contributed by atoms with Gasteiger partial charge >= 0.3 is 0 Å². The van der Waals surface area contributed by atoms with Crippen molar-refractivity contribution in [3.63, 3.8) is 0 Å². The van der Waals surface area contributed by atoms with Crippen LogP contribution in [0, 0.1) is 5.82 Å². The first-order chi connectivity index (χ1) is 13.2. The van der Waals surface area contributed by atoms with Crippen LogP contribution in [0.1, 0.15) is 38.7 Å². The number of aromatic nitrogens is 1. The minimum absolute atomic E-state index is 0.265. The van der Waals surface area contributed by atoms with E-state index in [0.29, 0.717) is 17.9 Å². The maximum absolute atomic E-state index is 14.5. The van der Waals surface area contributed by atoms with Crippen molar-refractivity contribution in [3.8, 4) is 28.1 Å². The molecule has 0 atom stereocenters. The van der Waals surface area contributed by atoms with Crippen molar-refractivity contribution in [3.05, 3.63) is 72.2 Å². The third-order valence-electron chi connectivity index (χ3n) is 4.56. The zero-order chi connectivity index (χ0) is 19.1. The predicted octanol–water partition coefficient (Wildman–Crippen LogP) is 6.69. The largest absolute Gasteiger partial charge is 0.493 e. The van der Waals surface area contributed by atoms with Crippen LogP contribution in [0.25, 0.3) is 22.4 Å². The summed E-state index contributed by atoms with van der Waals surface area (Å²) >= 11 is 0. The van der Waals surface area contributed by atoms with Gasteiger partial charge < -0.3 is 4.74 Å². The molecule has 2 aromatic carbocycles. The monoisotopic (exact) mass is 363 g/mol. The van der Waals surface area contributed by atoms with E-state index in [-0.39, 0.29) is 5.82 Å². The smallest absolute Gasteiger partial charge is 0.134 e. The summed E-state index contributed by atoms with van der Waals surface area (Å²) in [4.78, 5) is 4.54. The molecule has 0 amide bonds. The summed E-state index contributed by atoms with van der Waals surface area (Å²) in [6.45, 7) is 4.88. The van der Waals surface area contributed by atoms with Crippen molar-refractivity contribution in [2.24, 2.45) is 0 Å². The second-order valence-electron chi connectivity index (χ2n) is 6.72. The van der Waals surface area contributed by atoms with E-state index in [2.05, 4.69) is 24.9 Å². The number of unbranched alkanes of at least 4 members (excludes halogenated alkanes) is 1. The number of hydrogen-bond acceptors (Lipinski definition) is 2. The lowest BCUT2D eigenvalue weighted by Gasteiger charge is -2.09. The maximum atomic E-state index is 14.5. The van der Waals surface area contributed by atoms with Crippen LogP contribution in [0.2, 0.25) is 0 Å². The van der Waals surface area contributed by atoms with Gasteiger partial charge in [0.05, 0.1) is 12.3 Å². The molecule has 27 heavy (non-hydrogen) atoms. The number of benzene rings is 2. The molecule has 0 saturated heterocycles. The first-order valence-corrected chi connectivity index (χ1v) is 9.69. The molecule has 0 N–H and O–H groups in total. The number of pyridine rings is 1. The van der Waals surface area contributed by atoms with E-state index in [0.717, 1.165) is 42.5 Å². The van der Waals surface area contributed by atoms with E-state index in [1.54, 1.807) is 6.07 Å². The van der Waals surface area contributed by atoms with Crippen LogP contribution in [-0.4, -0.2) is 11.6 Å². The van der Waals surface area contributed by atoms with Gasteiger partial charge in [0.1, 0.15) is 11.6 Å². The molecular formula is C24H26FNO. The average molecular weight is 363 g/mol. The average Bonchev–Trinajstić information content (AvgIpc) is 2.69. The number of halogens is 1. The number of rotatable bonds is 8. The molecule has 0 aliphatic heterocycles. The van der Waals surface area contributed by atoms with Gasteiger partial charge in [-0.05, 0) is 42.2 Å². The zero-order valence-electron chi connectivity index (χ0n) is 16.0. The molecule has 2 nitrogen and oxygen atoms in total. The molecule has 0 saturated carbocycles. The van der Waals surface area contributed by atoms with E-state index in [4.69, 9.17) is 4.74 Å². The Kier molecular flexibility index (Phi) is 6.59. The second-order valence-corrected chi connectivity index (χ2v) is 6.72. The van der Waals surface area contributed by atoms with Crippen molar-refractivity contribution < 1.29 is 9.13 Å². The highest BCUT2D eigenvalue weighted by Gasteiger charge is 2.08. The topological polar surface area (TPSA) is 22.1 Å². The van der Waals surface area contributed by atoms with Crippen LogP contribution in [0.5, 0.6) is 5.75 Å². The summed E-state index contributed by atoms with van der Waals surface area (Å²) in [6.07, 6.45) is 6.12. The van der Waals surface area contributed by atoms with Crippen LogP contribution in [-0.2, 0) is 6.42 Å². The lowest BCUT2D eigenvalue weighted by atomic mass is 10.0. The molecule has 0 unspecified atom stereocenters. The van der Waals surface area contributed by atoms with Gasteiger partial charge in [-0.2, -0.15) is 0 Å². The molecule has 0 bridgehead atoms. The third kappa shape index (κ3) is 4.94. The molecule has 3 rings (SSSR count). The summed E-state index contributed by atoms with van der Waals surface area (Å²) in [5.41, 5.74) is 4.64. The summed E-state index contributed by atoms with van der Waals surface area (Å²) in [5, 5.41) is 0. The van der Waals surface area contributed by atoms with Crippen LogP contribution < -0.4 is 4.74 Å². The predicted molar refractivity (Wildman–Crippen MR) is 109 cm³/mol. The zero-order valence-corrected chi connectivity index (χ0v) is 16.0. The minimum Gasteiger partial charge on any atom is -0.493 e. The quantitative estimate of drug-likeness (QED) is 0.416. The molecule has 0 radical (unpaired) electrons. The highest BCUT2D eigenvalue weighted by molar-refractivity contribution is 5.69. The lowest BCUT2D eigenvalue weighted by molar-refractivity contribution is 0.308. The maximum Gasteiger partial charge on any atom is 0.134 e. The van der Waals surface area contributed by atoms with Gasteiger partial charge in [-0.15, -0.1) is 0 Å². The molecular weight excluding hydrogens is 337 g/mol. The van der Waals surface area contributed by atoms with Crippen molar-refractivity contribution in [1.82, 2.24) is 4.98 Å². The van der Waals surface area contributed by atoms with Crippen molar-refractivity contribution >= 4 is 0 Å². The third-order valence-corrected chi connectivity index (χ3v) is 4.56.